The highest BCUT2D eigenvalue weighted by atomic mass is 19.4. The Labute approximate surface area is 129 Å². The normalized spacial score (nSPS) is 15.7. The number of hydrogen-bond donors (Lipinski definition) is 2. The minimum absolute atomic E-state index is 0.126. The zero-order valence-electron chi connectivity index (χ0n) is 12.6. The van der Waals surface area contributed by atoms with E-state index in [1.807, 2.05) is 0 Å². The quantitative estimate of drug-likeness (QED) is 0.809. The van der Waals surface area contributed by atoms with Gasteiger partial charge < -0.3 is 15.2 Å². The van der Waals surface area contributed by atoms with E-state index in [2.05, 4.69) is 4.74 Å². The summed E-state index contributed by atoms with van der Waals surface area (Å²) >= 11 is 0. The van der Waals surface area contributed by atoms with Gasteiger partial charge in [0.2, 0.25) is 11.7 Å². The summed E-state index contributed by atoms with van der Waals surface area (Å²) in [5, 5.41) is 11.0. The summed E-state index contributed by atoms with van der Waals surface area (Å²) in [5.74, 6) is -4.25. The van der Waals surface area contributed by atoms with Crippen molar-refractivity contribution in [2.45, 2.75) is 38.1 Å². The molecule has 130 valence electrons. The number of halogens is 5. The van der Waals surface area contributed by atoms with Crippen molar-refractivity contribution in [3.8, 4) is 5.75 Å². The maximum Gasteiger partial charge on any atom is 0.413 e. The third-order valence-electron chi connectivity index (χ3n) is 3.51. The first kappa shape index (κ1) is 19.1. The monoisotopic (exact) mass is 341 g/mol. The van der Waals surface area contributed by atoms with Gasteiger partial charge in [0.05, 0.1) is 19.6 Å². The van der Waals surface area contributed by atoms with Gasteiger partial charge in [0, 0.05) is 5.56 Å². The van der Waals surface area contributed by atoms with Crippen molar-refractivity contribution in [2.24, 2.45) is 0 Å². The molecule has 1 amide bonds. The predicted molar refractivity (Wildman–Crippen MR) is 70.9 cm³/mol. The molecule has 0 aliphatic rings. The molecule has 0 heterocycles. The Morgan fingerprint density at radius 1 is 1.35 bits per heavy atom. The summed E-state index contributed by atoms with van der Waals surface area (Å²) in [6, 6.07) is 1.77. The van der Waals surface area contributed by atoms with E-state index >= 15 is 0 Å². The number of carbonyl (C=O) groups is 1. The molecular weight excluding hydrogens is 325 g/mol. The van der Waals surface area contributed by atoms with Crippen LogP contribution in [0.5, 0.6) is 5.75 Å². The molecule has 9 heteroatoms. The average Bonchev–Trinajstić information content (AvgIpc) is 2.41. The number of carbonyl (C=O) groups excluding carboxylic acids is 1. The SMILES string of the molecule is COc1c(CC(=O)NC(C)(C(C)O)C(F)(F)F)ccc(F)c1F. The maximum atomic E-state index is 13.5. The molecule has 0 bridgehead atoms. The first-order valence-corrected chi connectivity index (χ1v) is 6.50. The number of ether oxygens (including phenoxy) is 1. The number of aliphatic hydroxyl groups excluding tert-OH is 1. The minimum atomic E-state index is -4.91. The molecule has 4 nitrogen and oxygen atoms in total. The van der Waals surface area contributed by atoms with Crippen molar-refractivity contribution in [3.05, 3.63) is 29.3 Å². The third-order valence-corrected chi connectivity index (χ3v) is 3.51. The fraction of sp³-hybridized carbons (Fsp3) is 0.500. The molecule has 0 fully saturated rings. The summed E-state index contributed by atoms with van der Waals surface area (Å²) < 4.78 is 70.3. The number of benzene rings is 1. The van der Waals surface area contributed by atoms with E-state index in [4.69, 9.17) is 0 Å². The van der Waals surface area contributed by atoms with Crippen molar-refractivity contribution in [1.29, 1.82) is 0 Å². The highest BCUT2D eigenvalue weighted by Gasteiger charge is 2.55. The van der Waals surface area contributed by atoms with Gasteiger partial charge in [-0.1, -0.05) is 6.07 Å². The zero-order chi connectivity index (χ0) is 18.0. The summed E-state index contributed by atoms with van der Waals surface area (Å²) in [4.78, 5) is 11.8. The van der Waals surface area contributed by atoms with Crippen molar-refractivity contribution >= 4 is 5.91 Å². The summed E-state index contributed by atoms with van der Waals surface area (Å²) in [5.41, 5.74) is -3.00. The van der Waals surface area contributed by atoms with Crippen LogP contribution >= 0.6 is 0 Å². The Kier molecular flexibility index (Phi) is 5.57. The Morgan fingerprint density at radius 3 is 2.35 bits per heavy atom. The van der Waals surface area contributed by atoms with Gasteiger partial charge in [-0.2, -0.15) is 17.6 Å². The molecule has 23 heavy (non-hydrogen) atoms. The lowest BCUT2D eigenvalue weighted by Crippen LogP contribution is -2.63. The summed E-state index contributed by atoms with van der Waals surface area (Å²) in [6.45, 7) is 1.50. The van der Waals surface area contributed by atoms with Gasteiger partial charge in [0.25, 0.3) is 0 Å². The van der Waals surface area contributed by atoms with E-state index in [1.54, 1.807) is 5.32 Å². The first-order chi connectivity index (χ1) is 10.4. The Morgan fingerprint density at radius 2 is 1.91 bits per heavy atom. The van der Waals surface area contributed by atoms with Gasteiger partial charge in [0.15, 0.2) is 17.1 Å². The molecule has 0 aromatic heterocycles. The lowest BCUT2D eigenvalue weighted by atomic mass is 9.94. The molecule has 2 N–H and O–H groups in total. The number of aliphatic hydroxyl groups is 1. The van der Waals surface area contributed by atoms with Crippen LogP contribution in [-0.2, 0) is 11.2 Å². The molecule has 2 unspecified atom stereocenters. The number of methoxy groups -OCH3 is 1. The lowest BCUT2D eigenvalue weighted by Gasteiger charge is -2.35. The van der Waals surface area contributed by atoms with E-state index in [-0.39, 0.29) is 5.56 Å². The molecule has 2 atom stereocenters. The van der Waals surface area contributed by atoms with E-state index < -0.39 is 47.5 Å². The van der Waals surface area contributed by atoms with Crippen LogP contribution in [0, 0.1) is 11.6 Å². The molecule has 1 aromatic carbocycles. The first-order valence-electron chi connectivity index (χ1n) is 6.50. The van der Waals surface area contributed by atoms with Crippen molar-refractivity contribution in [2.75, 3.05) is 7.11 Å². The van der Waals surface area contributed by atoms with Crippen LogP contribution in [0.3, 0.4) is 0 Å². The van der Waals surface area contributed by atoms with Crippen molar-refractivity contribution in [3.63, 3.8) is 0 Å². The van der Waals surface area contributed by atoms with E-state index in [0.717, 1.165) is 26.2 Å². The molecule has 0 saturated carbocycles. The Balaban J connectivity index is 3.03. The highest BCUT2D eigenvalue weighted by molar-refractivity contribution is 5.80. The van der Waals surface area contributed by atoms with Crippen molar-refractivity contribution in [1.82, 2.24) is 5.32 Å². The van der Waals surface area contributed by atoms with Gasteiger partial charge >= 0.3 is 6.18 Å². The predicted octanol–water partition coefficient (Wildman–Crippen LogP) is 2.33. The van der Waals surface area contributed by atoms with E-state index in [0.29, 0.717) is 6.92 Å². The molecule has 1 aromatic rings. The second-order valence-corrected chi connectivity index (χ2v) is 5.15. The number of rotatable bonds is 5. The van der Waals surface area contributed by atoms with Crippen LogP contribution in [-0.4, -0.2) is 35.9 Å². The largest absolute Gasteiger partial charge is 0.493 e. The number of amides is 1. The maximum absolute atomic E-state index is 13.5. The average molecular weight is 341 g/mol. The number of alkyl halides is 3. The molecule has 0 saturated heterocycles. The van der Waals surface area contributed by atoms with Crippen LogP contribution in [0.25, 0.3) is 0 Å². The second-order valence-electron chi connectivity index (χ2n) is 5.15. The summed E-state index contributed by atoms with van der Waals surface area (Å²) in [7, 11) is 1.04. The van der Waals surface area contributed by atoms with Crippen LogP contribution in [0.4, 0.5) is 22.0 Å². The van der Waals surface area contributed by atoms with E-state index in [9.17, 15) is 31.9 Å². The molecular formula is C14H16F5NO3. The fourth-order valence-electron chi connectivity index (χ4n) is 1.85. The van der Waals surface area contributed by atoms with Gasteiger partial charge in [-0.25, -0.2) is 4.39 Å². The number of hydrogen-bond acceptors (Lipinski definition) is 3. The minimum Gasteiger partial charge on any atom is -0.493 e. The van der Waals surface area contributed by atoms with Crippen LogP contribution in [0.2, 0.25) is 0 Å². The van der Waals surface area contributed by atoms with Crippen LogP contribution in [0.15, 0.2) is 12.1 Å². The van der Waals surface area contributed by atoms with Gasteiger partial charge in [-0.15, -0.1) is 0 Å². The molecule has 0 aliphatic heterocycles. The molecule has 1 rings (SSSR count). The number of nitrogens with one attached hydrogen (secondary N) is 1. The van der Waals surface area contributed by atoms with Gasteiger partial charge in [-0.3, -0.25) is 4.79 Å². The smallest absolute Gasteiger partial charge is 0.413 e. The topological polar surface area (TPSA) is 58.6 Å². The standard InChI is InChI=1S/C14H16F5NO3/c1-7(21)13(2,14(17,18)19)20-10(22)6-8-4-5-9(15)11(16)12(8)23-3/h4-5,7,21H,6H2,1-3H3,(H,20,22). The van der Waals surface area contributed by atoms with Crippen molar-refractivity contribution < 1.29 is 36.6 Å². The van der Waals surface area contributed by atoms with Crippen LogP contribution in [0.1, 0.15) is 19.4 Å². The molecule has 0 radical (unpaired) electrons. The second kappa shape index (κ2) is 6.69. The molecule has 0 spiro atoms. The Hall–Kier alpha value is -1.90. The zero-order valence-corrected chi connectivity index (χ0v) is 12.6. The van der Waals surface area contributed by atoms with Crippen LogP contribution < -0.4 is 10.1 Å². The van der Waals surface area contributed by atoms with Gasteiger partial charge in [0.1, 0.15) is 0 Å². The third kappa shape index (κ3) is 3.90. The summed E-state index contributed by atoms with van der Waals surface area (Å²) in [6.07, 6.45) is -7.51. The van der Waals surface area contributed by atoms with E-state index in [1.165, 1.54) is 0 Å². The molecule has 0 aliphatic carbocycles. The van der Waals surface area contributed by atoms with Gasteiger partial charge in [-0.05, 0) is 19.9 Å². The lowest BCUT2D eigenvalue weighted by molar-refractivity contribution is -0.216. The Bertz CT molecular complexity index is 589. The highest BCUT2D eigenvalue weighted by Crippen LogP contribution is 2.33. The fourth-order valence-corrected chi connectivity index (χ4v) is 1.85.